The van der Waals surface area contributed by atoms with Gasteiger partial charge < -0.3 is 0 Å². The molecule has 0 spiro atoms. The molecule has 0 amide bonds. The molecule has 2 rings (SSSR count). The molecule has 1 aromatic carbocycles. The predicted octanol–water partition coefficient (Wildman–Crippen LogP) is 3.43. The van der Waals surface area contributed by atoms with E-state index in [1.807, 2.05) is 0 Å². The normalized spacial score (nSPS) is 20.2. The topological polar surface area (TPSA) is 0 Å². The van der Waals surface area contributed by atoms with Crippen molar-refractivity contribution in [2.45, 2.75) is 31.6 Å². The van der Waals surface area contributed by atoms with Gasteiger partial charge in [0.25, 0.3) is 0 Å². The third-order valence-corrected chi connectivity index (χ3v) is 3.28. The minimum absolute atomic E-state index is 0.823. The molecule has 0 saturated heterocycles. The van der Waals surface area contributed by atoms with Gasteiger partial charge in [-0.2, -0.15) is 12.6 Å². The third kappa shape index (κ3) is 1.91. The van der Waals surface area contributed by atoms with Crippen LogP contribution in [0.5, 0.6) is 0 Å². The molecule has 1 atom stereocenters. The van der Waals surface area contributed by atoms with Crippen molar-refractivity contribution in [1.29, 1.82) is 0 Å². The van der Waals surface area contributed by atoms with Crippen LogP contribution in [0.25, 0.3) is 0 Å². The number of hydrogen-bond donors (Lipinski definition) is 1. The van der Waals surface area contributed by atoms with E-state index < -0.39 is 0 Å². The van der Waals surface area contributed by atoms with Crippen molar-refractivity contribution >= 4 is 12.6 Å². The van der Waals surface area contributed by atoms with E-state index in [2.05, 4.69) is 36.9 Å². The smallest absolute Gasteiger partial charge is 0.00977 e. The maximum absolute atomic E-state index is 4.26. The Morgan fingerprint density at radius 1 is 1.31 bits per heavy atom. The molecule has 0 aromatic heterocycles. The molecule has 1 aliphatic carbocycles. The van der Waals surface area contributed by atoms with E-state index in [0.717, 1.165) is 11.7 Å². The van der Waals surface area contributed by atoms with Crippen LogP contribution in [0.2, 0.25) is 0 Å². The Kier molecular flexibility index (Phi) is 2.94. The maximum Gasteiger partial charge on any atom is -0.00977 e. The molecular formula is C12H16S. The molecule has 1 unspecified atom stereocenters. The molecule has 1 heteroatoms. The monoisotopic (exact) mass is 192 g/mol. The zero-order chi connectivity index (χ0) is 9.10. The fourth-order valence-electron chi connectivity index (χ4n) is 2.28. The van der Waals surface area contributed by atoms with Gasteiger partial charge in [0.05, 0.1) is 0 Å². The number of fused-ring (bicyclic) bond motifs is 1. The summed E-state index contributed by atoms with van der Waals surface area (Å²) >= 11 is 4.26. The highest BCUT2D eigenvalue weighted by atomic mass is 32.1. The van der Waals surface area contributed by atoms with Gasteiger partial charge in [0.2, 0.25) is 0 Å². The van der Waals surface area contributed by atoms with Crippen molar-refractivity contribution in [2.24, 2.45) is 0 Å². The van der Waals surface area contributed by atoms with Crippen molar-refractivity contribution in [3.63, 3.8) is 0 Å². The second kappa shape index (κ2) is 4.19. The number of aryl methyl sites for hydroxylation is 1. The Morgan fingerprint density at radius 3 is 3.00 bits per heavy atom. The molecule has 13 heavy (non-hydrogen) atoms. The van der Waals surface area contributed by atoms with E-state index in [1.54, 1.807) is 11.1 Å². The molecule has 0 heterocycles. The van der Waals surface area contributed by atoms with E-state index >= 15 is 0 Å². The molecule has 0 N–H and O–H groups in total. The van der Waals surface area contributed by atoms with Crippen LogP contribution in [0.3, 0.4) is 0 Å². The SMILES string of the molecule is SCCCC1CCc2ccccc21. The molecule has 70 valence electrons. The Balaban J connectivity index is 2.09. The van der Waals surface area contributed by atoms with E-state index in [4.69, 9.17) is 0 Å². The molecule has 0 radical (unpaired) electrons. The fraction of sp³-hybridized carbons (Fsp3) is 0.500. The van der Waals surface area contributed by atoms with Crippen molar-refractivity contribution in [1.82, 2.24) is 0 Å². The standard InChI is InChI=1S/C12H16S/c13-9-3-5-11-8-7-10-4-1-2-6-12(10)11/h1-2,4,6,11,13H,3,5,7-9H2. The lowest BCUT2D eigenvalue weighted by molar-refractivity contribution is 0.612. The fourth-order valence-corrected chi connectivity index (χ4v) is 2.47. The van der Waals surface area contributed by atoms with Gasteiger partial charge in [-0.3, -0.25) is 0 Å². The summed E-state index contributed by atoms with van der Waals surface area (Å²) in [5, 5.41) is 0. The summed E-state index contributed by atoms with van der Waals surface area (Å²) in [6.07, 6.45) is 5.21. The first-order valence-corrected chi connectivity index (χ1v) is 5.73. The first-order chi connectivity index (χ1) is 6.42. The van der Waals surface area contributed by atoms with E-state index in [9.17, 15) is 0 Å². The van der Waals surface area contributed by atoms with Gasteiger partial charge in [0, 0.05) is 0 Å². The summed E-state index contributed by atoms with van der Waals surface area (Å²) in [7, 11) is 0. The van der Waals surface area contributed by atoms with Gasteiger partial charge in [-0.05, 0) is 48.5 Å². The molecule has 0 nitrogen and oxygen atoms in total. The summed E-state index contributed by atoms with van der Waals surface area (Å²) in [6, 6.07) is 8.89. The predicted molar refractivity (Wildman–Crippen MR) is 60.6 cm³/mol. The van der Waals surface area contributed by atoms with E-state index in [0.29, 0.717) is 0 Å². The van der Waals surface area contributed by atoms with Crippen LogP contribution in [0.4, 0.5) is 0 Å². The molecule has 1 aliphatic rings. The number of thiol groups is 1. The van der Waals surface area contributed by atoms with Gasteiger partial charge in [0.1, 0.15) is 0 Å². The first-order valence-electron chi connectivity index (χ1n) is 5.10. The van der Waals surface area contributed by atoms with Crippen LogP contribution in [-0.2, 0) is 6.42 Å². The Labute approximate surface area is 85.8 Å². The van der Waals surface area contributed by atoms with Gasteiger partial charge in [0.15, 0.2) is 0 Å². The van der Waals surface area contributed by atoms with Gasteiger partial charge >= 0.3 is 0 Å². The van der Waals surface area contributed by atoms with Crippen molar-refractivity contribution in [3.8, 4) is 0 Å². The van der Waals surface area contributed by atoms with Crippen LogP contribution < -0.4 is 0 Å². The van der Waals surface area contributed by atoms with Gasteiger partial charge in [-0.15, -0.1) is 0 Å². The highest BCUT2D eigenvalue weighted by molar-refractivity contribution is 7.80. The van der Waals surface area contributed by atoms with E-state index in [-0.39, 0.29) is 0 Å². The zero-order valence-electron chi connectivity index (χ0n) is 7.87. The number of rotatable bonds is 3. The van der Waals surface area contributed by atoms with Crippen LogP contribution >= 0.6 is 12.6 Å². The minimum atomic E-state index is 0.823. The highest BCUT2D eigenvalue weighted by Crippen LogP contribution is 2.35. The number of benzene rings is 1. The first kappa shape index (κ1) is 9.14. The second-order valence-electron chi connectivity index (χ2n) is 3.80. The second-order valence-corrected chi connectivity index (χ2v) is 4.25. The summed E-state index contributed by atoms with van der Waals surface area (Å²) in [5.74, 6) is 1.85. The molecular weight excluding hydrogens is 176 g/mol. The summed E-state index contributed by atoms with van der Waals surface area (Å²) in [5.41, 5.74) is 3.18. The summed E-state index contributed by atoms with van der Waals surface area (Å²) in [4.78, 5) is 0. The van der Waals surface area contributed by atoms with Crippen LogP contribution in [0.1, 0.15) is 36.3 Å². The lowest BCUT2D eigenvalue weighted by Gasteiger charge is -2.09. The molecule has 0 aliphatic heterocycles. The van der Waals surface area contributed by atoms with Gasteiger partial charge in [-0.25, -0.2) is 0 Å². The van der Waals surface area contributed by atoms with Crippen LogP contribution in [0.15, 0.2) is 24.3 Å². The molecule has 1 aromatic rings. The Morgan fingerprint density at radius 2 is 2.15 bits per heavy atom. The van der Waals surface area contributed by atoms with Crippen LogP contribution in [-0.4, -0.2) is 5.75 Å². The molecule has 0 fully saturated rings. The lowest BCUT2D eigenvalue weighted by Crippen LogP contribution is -1.93. The minimum Gasteiger partial charge on any atom is -0.179 e. The van der Waals surface area contributed by atoms with Crippen LogP contribution in [0, 0.1) is 0 Å². The number of hydrogen-bond acceptors (Lipinski definition) is 1. The Bertz CT molecular complexity index is 280. The summed E-state index contributed by atoms with van der Waals surface area (Å²) in [6.45, 7) is 0. The third-order valence-electron chi connectivity index (χ3n) is 2.97. The largest absolute Gasteiger partial charge is 0.179 e. The maximum atomic E-state index is 4.26. The van der Waals surface area contributed by atoms with Crippen molar-refractivity contribution < 1.29 is 0 Å². The van der Waals surface area contributed by atoms with Crippen molar-refractivity contribution in [2.75, 3.05) is 5.75 Å². The highest BCUT2D eigenvalue weighted by Gasteiger charge is 2.20. The van der Waals surface area contributed by atoms with Crippen molar-refractivity contribution in [3.05, 3.63) is 35.4 Å². The Hall–Kier alpha value is -0.430. The quantitative estimate of drug-likeness (QED) is 0.697. The average molecular weight is 192 g/mol. The molecule has 0 bridgehead atoms. The zero-order valence-corrected chi connectivity index (χ0v) is 8.76. The summed E-state index contributed by atoms with van der Waals surface area (Å²) < 4.78 is 0. The van der Waals surface area contributed by atoms with E-state index in [1.165, 1.54) is 25.7 Å². The molecule has 0 saturated carbocycles. The lowest BCUT2D eigenvalue weighted by atomic mass is 9.97. The average Bonchev–Trinajstić information content (AvgIpc) is 2.58. The van der Waals surface area contributed by atoms with Gasteiger partial charge in [-0.1, -0.05) is 24.3 Å².